The van der Waals surface area contributed by atoms with E-state index >= 15 is 0 Å². The average Bonchev–Trinajstić information content (AvgIpc) is 3.13. The molecule has 26 heavy (non-hydrogen) atoms. The maximum absolute atomic E-state index is 11.9. The molecule has 0 atom stereocenters. The van der Waals surface area contributed by atoms with Gasteiger partial charge in [0, 0.05) is 31.1 Å². The van der Waals surface area contributed by atoms with Crippen LogP contribution < -0.4 is 5.32 Å². The Kier molecular flexibility index (Phi) is 5.94. The summed E-state index contributed by atoms with van der Waals surface area (Å²) in [5, 5.41) is 6.38. The van der Waals surface area contributed by atoms with E-state index < -0.39 is 5.41 Å². The summed E-state index contributed by atoms with van der Waals surface area (Å²) in [6.07, 6.45) is 2.20. The third kappa shape index (κ3) is 4.43. The molecule has 0 spiro atoms. The molecule has 2 aromatic rings. The quantitative estimate of drug-likeness (QED) is 0.783. The molecule has 0 unspecified atom stereocenters. The summed E-state index contributed by atoms with van der Waals surface area (Å²) in [5.74, 6) is -0.261. The van der Waals surface area contributed by atoms with Gasteiger partial charge in [0.05, 0.1) is 12.8 Å². The second kappa shape index (κ2) is 8.18. The van der Waals surface area contributed by atoms with Crippen molar-refractivity contribution in [3.8, 4) is 0 Å². The minimum Gasteiger partial charge on any atom is -0.468 e. The fourth-order valence-corrected chi connectivity index (χ4v) is 4.19. The Labute approximate surface area is 159 Å². The topological polar surface area (TPSA) is 54.5 Å². The van der Waals surface area contributed by atoms with E-state index in [4.69, 9.17) is 4.74 Å². The van der Waals surface area contributed by atoms with Crippen molar-refractivity contribution >= 4 is 22.4 Å². The zero-order valence-electron chi connectivity index (χ0n) is 15.7. The van der Waals surface area contributed by atoms with Gasteiger partial charge < -0.3 is 10.1 Å². The van der Waals surface area contributed by atoms with E-state index in [9.17, 15) is 4.79 Å². The van der Waals surface area contributed by atoms with Gasteiger partial charge in [0.15, 0.2) is 5.13 Å². The summed E-state index contributed by atoms with van der Waals surface area (Å²) in [7, 11) is 1.42. The minimum absolute atomic E-state index is 0.261. The summed E-state index contributed by atoms with van der Waals surface area (Å²) in [5.41, 5.74) is 1.41. The van der Waals surface area contributed by atoms with Crippen molar-refractivity contribution in [2.75, 3.05) is 25.5 Å². The highest BCUT2D eigenvalue weighted by Crippen LogP contribution is 2.29. The van der Waals surface area contributed by atoms with Gasteiger partial charge in [-0.15, -0.1) is 11.3 Å². The number of thiazole rings is 1. The number of esters is 1. The van der Waals surface area contributed by atoms with Gasteiger partial charge in [-0.2, -0.15) is 0 Å². The van der Waals surface area contributed by atoms with Gasteiger partial charge in [0.1, 0.15) is 5.41 Å². The van der Waals surface area contributed by atoms with E-state index in [0.717, 1.165) is 43.3 Å². The van der Waals surface area contributed by atoms with Crippen LogP contribution in [0.15, 0.2) is 35.7 Å². The molecule has 1 aromatic carbocycles. The van der Waals surface area contributed by atoms with E-state index in [1.54, 1.807) is 11.3 Å². The lowest BCUT2D eigenvalue weighted by Crippen LogP contribution is -2.38. The number of anilines is 1. The van der Waals surface area contributed by atoms with E-state index in [-0.39, 0.29) is 5.97 Å². The normalized spacial score (nSPS) is 16.4. The third-order valence-electron chi connectivity index (χ3n) is 5.00. The molecule has 0 bridgehead atoms. The maximum Gasteiger partial charge on any atom is 0.317 e. The van der Waals surface area contributed by atoms with Crippen LogP contribution in [0, 0.1) is 0 Å². The zero-order valence-corrected chi connectivity index (χ0v) is 16.5. The molecule has 0 radical (unpaired) electrons. The first-order valence-corrected chi connectivity index (χ1v) is 9.94. The second-order valence-electron chi connectivity index (χ2n) is 7.33. The molecule has 1 aliphatic heterocycles. The van der Waals surface area contributed by atoms with Crippen LogP contribution in [0.25, 0.3) is 0 Å². The van der Waals surface area contributed by atoms with Gasteiger partial charge in [0.25, 0.3) is 0 Å². The summed E-state index contributed by atoms with van der Waals surface area (Å²) >= 11 is 1.56. The zero-order chi connectivity index (χ0) is 18.6. The highest BCUT2D eigenvalue weighted by molar-refractivity contribution is 7.13. The van der Waals surface area contributed by atoms with Crippen molar-refractivity contribution in [2.24, 2.45) is 0 Å². The van der Waals surface area contributed by atoms with Crippen LogP contribution in [0.5, 0.6) is 0 Å². The molecule has 1 saturated heterocycles. The first-order chi connectivity index (χ1) is 12.5. The molecule has 0 aliphatic carbocycles. The minimum atomic E-state index is -0.718. The van der Waals surface area contributed by atoms with Crippen molar-refractivity contribution in [2.45, 2.75) is 44.7 Å². The van der Waals surface area contributed by atoms with Crippen LogP contribution in [-0.2, 0) is 21.5 Å². The molecule has 2 heterocycles. The summed E-state index contributed by atoms with van der Waals surface area (Å²) in [6, 6.07) is 11.1. The number of piperidine rings is 1. The van der Waals surface area contributed by atoms with E-state index in [2.05, 4.69) is 45.5 Å². The molecule has 3 rings (SSSR count). The van der Waals surface area contributed by atoms with Crippen LogP contribution in [0.2, 0.25) is 0 Å². The molecule has 0 amide bonds. The highest BCUT2D eigenvalue weighted by Gasteiger charge is 2.33. The lowest BCUT2D eigenvalue weighted by Gasteiger charge is -2.32. The summed E-state index contributed by atoms with van der Waals surface area (Å²) in [6.45, 7) is 6.87. The van der Waals surface area contributed by atoms with Gasteiger partial charge >= 0.3 is 5.97 Å². The standard InChI is InChI=1S/C20H27N3O2S/c1-20(2,18(24)25-3)17-14-26-19(22-17)21-16-9-11-23(12-10-16)13-15-7-5-4-6-8-15/h4-8,14,16H,9-13H2,1-3H3,(H,21,22). The number of carbonyl (C=O) groups is 1. The first-order valence-electron chi connectivity index (χ1n) is 9.06. The van der Waals surface area contributed by atoms with Gasteiger partial charge in [-0.1, -0.05) is 30.3 Å². The van der Waals surface area contributed by atoms with Gasteiger partial charge in [-0.3, -0.25) is 9.69 Å². The molecule has 5 nitrogen and oxygen atoms in total. The Balaban J connectivity index is 1.51. The lowest BCUT2D eigenvalue weighted by molar-refractivity contribution is -0.146. The number of nitrogens with zero attached hydrogens (tertiary/aromatic N) is 2. The number of benzene rings is 1. The Bertz CT molecular complexity index is 722. The van der Waals surface area contributed by atoms with Crippen LogP contribution in [0.1, 0.15) is 37.9 Å². The SMILES string of the molecule is COC(=O)C(C)(C)c1csc(NC2CCN(Cc3ccccc3)CC2)n1. The summed E-state index contributed by atoms with van der Waals surface area (Å²) < 4.78 is 4.89. The Morgan fingerprint density at radius 2 is 2.00 bits per heavy atom. The monoisotopic (exact) mass is 373 g/mol. The van der Waals surface area contributed by atoms with Crippen molar-refractivity contribution in [1.82, 2.24) is 9.88 Å². The Morgan fingerprint density at radius 3 is 2.65 bits per heavy atom. The van der Waals surface area contributed by atoms with Crippen LogP contribution in [0.3, 0.4) is 0 Å². The number of methoxy groups -OCH3 is 1. The average molecular weight is 374 g/mol. The van der Waals surface area contributed by atoms with Crippen LogP contribution in [0.4, 0.5) is 5.13 Å². The molecule has 0 saturated carbocycles. The fraction of sp³-hybridized carbons (Fsp3) is 0.500. The van der Waals surface area contributed by atoms with Crippen molar-refractivity contribution < 1.29 is 9.53 Å². The van der Waals surface area contributed by atoms with Crippen LogP contribution in [-0.4, -0.2) is 42.1 Å². The van der Waals surface area contributed by atoms with Gasteiger partial charge in [-0.05, 0) is 32.3 Å². The molecule has 1 N–H and O–H groups in total. The third-order valence-corrected chi connectivity index (χ3v) is 5.78. The molecule has 1 fully saturated rings. The number of nitrogens with one attached hydrogen (secondary N) is 1. The van der Waals surface area contributed by atoms with Gasteiger partial charge in [0.2, 0.25) is 0 Å². The van der Waals surface area contributed by atoms with E-state index in [0.29, 0.717) is 6.04 Å². The fourth-order valence-electron chi connectivity index (χ4n) is 3.24. The number of ether oxygens (including phenoxy) is 1. The number of aromatic nitrogens is 1. The molecule has 1 aromatic heterocycles. The molecular weight excluding hydrogens is 346 g/mol. The molecule has 140 valence electrons. The molecule has 6 heteroatoms. The Hall–Kier alpha value is -1.92. The lowest BCUT2D eigenvalue weighted by atomic mass is 9.90. The maximum atomic E-state index is 11.9. The largest absolute Gasteiger partial charge is 0.468 e. The van der Waals surface area contributed by atoms with Crippen molar-refractivity contribution in [1.29, 1.82) is 0 Å². The number of hydrogen-bond acceptors (Lipinski definition) is 6. The first kappa shape index (κ1) is 18.9. The molecule has 1 aliphatic rings. The molecular formula is C20H27N3O2S. The van der Waals surface area contributed by atoms with E-state index in [1.807, 2.05) is 19.2 Å². The highest BCUT2D eigenvalue weighted by atomic mass is 32.1. The predicted molar refractivity (Wildman–Crippen MR) is 106 cm³/mol. The van der Waals surface area contributed by atoms with Crippen molar-refractivity contribution in [3.63, 3.8) is 0 Å². The number of rotatable bonds is 6. The van der Waals surface area contributed by atoms with Crippen molar-refractivity contribution in [3.05, 3.63) is 47.0 Å². The van der Waals surface area contributed by atoms with E-state index in [1.165, 1.54) is 12.7 Å². The predicted octanol–water partition coefficient (Wildman–Crippen LogP) is 3.67. The Morgan fingerprint density at radius 1 is 1.31 bits per heavy atom. The number of hydrogen-bond donors (Lipinski definition) is 1. The van der Waals surface area contributed by atoms with Crippen LogP contribution >= 0.6 is 11.3 Å². The van der Waals surface area contributed by atoms with Gasteiger partial charge in [-0.25, -0.2) is 4.98 Å². The second-order valence-corrected chi connectivity index (χ2v) is 8.19. The number of likely N-dealkylation sites (tertiary alicyclic amines) is 1. The smallest absolute Gasteiger partial charge is 0.317 e. The summed E-state index contributed by atoms with van der Waals surface area (Å²) in [4.78, 5) is 19.1. The number of carbonyl (C=O) groups excluding carboxylic acids is 1.